The van der Waals surface area contributed by atoms with Gasteiger partial charge in [-0.05, 0) is 30.7 Å². The van der Waals surface area contributed by atoms with Crippen molar-refractivity contribution in [2.45, 2.75) is 6.42 Å². The van der Waals surface area contributed by atoms with Crippen LogP contribution in [0.2, 0.25) is 5.02 Å². The van der Waals surface area contributed by atoms with Crippen LogP contribution in [-0.2, 0) is 0 Å². The number of halogens is 1. The summed E-state index contributed by atoms with van der Waals surface area (Å²) in [5, 5.41) is 25.0. The average Bonchev–Trinajstić information content (AvgIpc) is 2.65. The second kappa shape index (κ2) is 8.46. The first-order chi connectivity index (χ1) is 12.7. The van der Waals surface area contributed by atoms with Gasteiger partial charge < -0.3 is 20.8 Å². The molecule has 0 saturated heterocycles. The van der Waals surface area contributed by atoms with Crippen LogP contribution < -0.4 is 10.6 Å². The van der Waals surface area contributed by atoms with E-state index in [-0.39, 0.29) is 12.4 Å². The first-order valence-electron chi connectivity index (χ1n) is 8.06. The maximum absolute atomic E-state index is 9.48. The van der Waals surface area contributed by atoms with Gasteiger partial charge in [0.15, 0.2) is 0 Å². The van der Waals surface area contributed by atoms with Gasteiger partial charge in [0.2, 0.25) is 5.95 Å². The van der Waals surface area contributed by atoms with Gasteiger partial charge in [0, 0.05) is 31.5 Å². The summed E-state index contributed by atoms with van der Waals surface area (Å²) in [7, 11) is 0. The highest BCUT2D eigenvalue weighted by molar-refractivity contribution is 6.33. The van der Waals surface area contributed by atoms with Crippen molar-refractivity contribution in [2.75, 3.05) is 23.8 Å². The number of phenols is 1. The van der Waals surface area contributed by atoms with Gasteiger partial charge >= 0.3 is 0 Å². The molecule has 0 aliphatic rings. The van der Waals surface area contributed by atoms with E-state index in [1.807, 2.05) is 18.2 Å². The summed E-state index contributed by atoms with van der Waals surface area (Å²) in [6.07, 6.45) is 2.28. The Balaban J connectivity index is 1.93. The van der Waals surface area contributed by atoms with E-state index in [0.29, 0.717) is 46.8 Å². The molecule has 3 rings (SSSR count). The molecule has 0 spiro atoms. The van der Waals surface area contributed by atoms with Gasteiger partial charge in [-0.25, -0.2) is 4.98 Å². The number of rotatable bonds is 7. The highest BCUT2D eigenvalue weighted by Crippen LogP contribution is 2.29. The molecule has 0 atom stereocenters. The summed E-state index contributed by atoms with van der Waals surface area (Å²) < 4.78 is 0. The summed E-state index contributed by atoms with van der Waals surface area (Å²) in [6, 6.07) is 12.0. The maximum atomic E-state index is 9.48. The molecule has 0 radical (unpaired) electrons. The maximum Gasteiger partial charge on any atom is 0.225 e. The van der Waals surface area contributed by atoms with Gasteiger partial charge in [-0.2, -0.15) is 4.98 Å². The second-order valence-corrected chi connectivity index (χ2v) is 5.88. The zero-order chi connectivity index (χ0) is 18.4. The number of aromatic nitrogens is 3. The lowest BCUT2D eigenvalue weighted by Crippen LogP contribution is -2.09. The molecule has 0 aliphatic heterocycles. The minimum absolute atomic E-state index is 0.0845. The van der Waals surface area contributed by atoms with Crippen molar-refractivity contribution in [3.05, 3.63) is 53.7 Å². The summed E-state index contributed by atoms with van der Waals surface area (Å²) in [5.74, 6) is 1.03. The molecular formula is C18H18ClN5O2. The second-order valence-electron chi connectivity index (χ2n) is 5.47. The van der Waals surface area contributed by atoms with E-state index in [4.69, 9.17) is 16.7 Å². The lowest BCUT2D eigenvalue weighted by Gasteiger charge is -2.12. The standard InChI is InChI=1S/C18H18ClN5O2/c19-13-10-12(26)5-6-14(13)22-17-11-16(15-4-1-2-7-20-15)23-18(24-17)21-8-3-9-25/h1-2,4-7,10-11,25-26H,3,8-9H2,(H2,21,22,23,24). The van der Waals surface area contributed by atoms with Crippen LogP contribution in [-0.4, -0.2) is 38.3 Å². The lowest BCUT2D eigenvalue weighted by molar-refractivity contribution is 0.292. The number of phenolic OH excluding ortho intramolecular Hbond substituents is 1. The molecule has 0 bridgehead atoms. The highest BCUT2D eigenvalue weighted by Gasteiger charge is 2.09. The summed E-state index contributed by atoms with van der Waals surface area (Å²) >= 11 is 6.16. The molecule has 0 unspecified atom stereocenters. The molecule has 1 aromatic carbocycles. The van der Waals surface area contributed by atoms with Gasteiger partial charge in [-0.15, -0.1) is 0 Å². The van der Waals surface area contributed by atoms with Gasteiger partial charge in [0.1, 0.15) is 11.6 Å². The van der Waals surface area contributed by atoms with Gasteiger partial charge in [-0.3, -0.25) is 4.98 Å². The Morgan fingerprint density at radius 1 is 1.04 bits per heavy atom. The number of hydrogen-bond donors (Lipinski definition) is 4. The minimum Gasteiger partial charge on any atom is -0.508 e. The molecule has 3 aromatic rings. The quantitative estimate of drug-likeness (QED) is 0.372. The van der Waals surface area contributed by atoms with Crippen molar-refractivity contribution in [2.24, 2.45) is 0 Å². The molecule has 0 fully saturated rings. The van der Waals surface area contributed by atoms with Crippen LogP contribution in [0.25, 0.3) is 11.4 Å². The normalized spacial score (nSPS) is 10.5. The van der Waals surface area contributed by atoms with Crippen LogP contribution in [0.5, 0.6) is 5.75 Å². The third-order valence-electron chi connectivity index (χ3n) is 3.49. The van der Waals surface area contributed by atoms with Crippen molar-refractivity contribution < 1.29 is 10.2 Å². The highest BCUT2D eigenvalue weighted by atomic mass is 35.5. The number of aliphatic hydroxyl groups excluding tert-OH is 1. The molecule has 8 heteroatoms. The topological polar surface area (TPSA) is 103 Å². The number of benzene rings is 1. The zero-order valence-corrected chi connectivity index (χ0v) is 14.6. The summed E-state index contributed by atoms with van der Waals surface area (Å²) in [4.78, 5) is 13.2. The number of nitrogens with zero attached hydrogens (tertiary/aromatic N) is 3. The van der Waals surface area contributed by atoms with Crippen molar-refractivity contribution in [3.8, 4) is 17.1 Å². The Bertz CT molecular complexity index is 877. The molecule has 0 aliphatic carbocycles. The Kier molecular flexibility index (Phi) is 5.83. The smallest absolute Gasteiger partial charge is 0.225 e. The van der Waals surface area contributed by atoms with Crippen molar-refractivity contribution in [1.82, 2.24) is 15.0 Å². The van der Waals surface area contributed by atoms with Crippen molar-refractivity contribution in [3.63, 3.8) is 0 Å². The first kappa shape index (κ1) is 17.9. The van der Waals surface area contributed by atoms with Gasteiger partial charge in [0.25, 0.3) is 0 Å². The third-order valence-corrected chi connectivity index (χ3v) is 3.80. The van der Waals surface area contributed by atoms with E-state index in [2.05, 4.69) is 25.6 Å². The number of anilines is 3. The molecule has 7 nitrogen and oxygen atoms in total. The van der Waals surface area contributed by atoms with Crippen LogP contribution in [0.3, 0.4) is 0 Å². The van der Waals surface area contributed by atoms with E-state index in [1.54, 1.807) is 18.3 Å². The Morgan fingerprint density at radius 2 is 1.92 bits per heavy atom. The minimum atomic E-state index is 0.0845. The van der Waals surface area contributed by atoms with Crippen LogP contribution in [0.15, 0.2) is 48.7 Å². The number of aromatic hydroxyl groups is 1. The number of nitrogens with one attached hydrogen (secondary N) is 2. The molecule has 4 N–H and O–H groups in total. The zero-order valence-electron chi connectivity index (χ0n) is 13.9. The van der Waals surface area contributed by atoms with Crippen LogP contribution in [0, 0.1) is 0 Å². The Labute approximate surface area is 155 Å². The summed E-state index contributed by atoms with van der Waals surface area (Å²) in [5.41, 5.74) is 1.96. The predicted octanol–water partition coefficient (Wildman–Crippen LogP) is 3.44. The van der Waals surface area contributed by atoms with Crippen LogP contribution in [0.1, 0.15) is 6.42 Å². The average molecular weight is 372 g/mol. The largest absolute Gasteiger partial charge is 0.508 e. The summed E-state index contributed by atoms with van der Waals surface area (Å²) in [6.45, 7) is 0.628. The van der Waals surface area contributed by atoms with E-state index < -0.39 is 0 Å². The molecule has 2 aromatic heterocycles. The molecule has 0 amide bonds. The first-order valence-corrected chi connectivity index (χ1v) is 8.44. The Hall–Kier alpha value is -2.90. The molecule has 134 valence electrons. The number of hydrogen-bond acceptors (Lipinski definition) is 7. The predicted molar refractivity (Wildman–Crippen MR) is 102 cm³/mol. The monoisotopic (exact) mass is 371 g/mol. The van der Waals surface area contributed by atoms with E-state index >= 15 is 0 Å². The van der Waals surface area contributed by atoms with Gasteiger partial charge in [-0.1, -0.05) is 17.7 Å². The van der Waals surface area contributed by atoms with Crippen LogP contribution >= 0.6 is 11.6 Å². The fourth-order valence-electron chi connectivity index (χ4n) is 2.26. The van der Waals surface area contributed by atoms with Gasteiger partial charge in [0.05, 0.1) is 22.1 Å². The third kappa shape index (κ3) is 4.59. The van der Waals surface area contributed by atoms with E-state index in [1.165, 1.54) is 12.1 Å². The van der Waals surface area contributed by atoms with Crippen LogP contribution in [0.4, 0.5) is 17.5 Å². The fourth-order valence-corrected chi connectivity index (χ4v) is 2.48. The fraction of sp³-hybridized carbons (Fsp3) is 0.167. The molecule has 2 heterocycles. The SMILES string of the molecule is OCCCNc1nc(Nc2ccc(O)cc2Cl)cc(-c2ccccn2)n1. The Morgan fingerprint density at radius 3 is 2.65 bits per heavy atom. The number of aliphatic hydroxyl groups is 1. The molecular weight excluding hydrogens is 354 g/mol. The van der Waals surface area contributed by atoms with E-state index in [0.717, 1.165) is 0 Å². The van der Waals surface area contributed by atoms with E-state index in [9.17, 15) is 5.11 Å². The van der Waals surface area contributed by atoms with Crippen molar-refractivity contribution >= 4 is 29.1 Å². The molecule has 0 saturated carbocycles. The molecule has 26 heavy (non-hydrogen) atoms. The number of pyridine rings is 1. The lowest BCUT2D eigenvalue weighted by atomic mass is 10.2. The van der Waals surface area contributed by atoms with Crippen molar-refractivity contribution in [1.29, 1.82) is 0 Å².